The van der Waals surface area contributed by atoms with Crippen molar-refractivity contribution in [2.45, 2.75) is 49.6 Å². The van der Waals surface area contributed by atoms with E-state index in [9.17, 15) is 9.59 Å². The van der Waals surface area contributed by atoms with E-state index in [2.05, 4.69) is 0 Å². The Balaban J connectivity index is 0.00000243. The molecule has 2 aliphatic rings. The monoisotopic (exact) mass is 397 g/mol. The first-order chi connectivity index (χ1) is 12.0. The van der Waals surface area contributed by atoms with Gasteiger partial charge in [0.25, 0.3) is 0 Å². The van der Waals surface area contributed by atoms with Gasteiger partial charge < -0.3 is 15.5 Å². The fourth-order valence-corrected chi connectivity index (χ4v) is 4.31. The molecule has 3 unspecified atom stereocenters. The molecule has 1 aromatic rings. The van der Waals surface area contributed by atoms with E-state index in [-0.39, 0.29) is 42.2 Å². The fraction of sp³-hybridized carbons (Fsp3) is 0.579. The molecule has 0 aliphatic carbocycles. The Morgan fingerprint density at radius 3 is 2.58 bits per heavy atom. The highest BCUT2D eigenvalue weighted by molar-refractivity contribution is 7.98. The summed E-state index contributed by atoms with van der Waals surface area (Å²) < 4.78 is 0. The zero-order valence-electron chi connectivity index (χ0n) is 15.4. The van der Waals surface area contributed by atoms with Crippen molar-refractivity contribution in [1.29, 1.82) is 0 Å². The lowest BCUT2D eigenvalue weighted by atomic mass is 9.94. The summed E-state index contributed by atoms with van der Waals surface area (Å²) >= 11 is 1.67. The SMILES string of the molecule is CSc1ccc(N2CC(C(=O)N3CCCCC3C(C)N)CC2=O)cc1.Cl. The number of piperidine rings is 1. The number of anilines is 1. The van der Waals surface area contributed by atoms with Gasteiger partial charge in [0.15, 0.2) is 0 Å². The molecule has 0 saturated carbocycles. The summed E-state index contributed by atoms with van der Waals surface area (Å²) in [6, 6.07) is 8.02. The molecule has 0 radical (unpaired) electrons. The third kappa shape index (κ3) is 4.35. The van der Waals surface area contributed by atoms with E-state index in [0.717, 1.165) is 36.4 Å². The van der Waals surface area contributed by atoms with Crippen LogP contribution in [0.1, 0.15) is 32.6 Å². The van der Waals surface area contributed by atoms with E-state index in [4.69, 9.17) is 5.73 Å². The van der Waals surface area contributed by atoms with Crippen LogP contribution in [0.3, 0.4) is 0 Å². The topological polar surface area (TPSA) is 66.6 Å². The fourth-order valence-electron chi connectivity index (χ4n) is 3.90. The van der Waals surface area contributed by atoms with E-state index in [1.165, 1.54) is 0 Å². The highest BCUT2D eigenvalue weighted by Gasteiger charge is 2.40. The van der Waals surface area contributed by atoms with Gasteiger partial charge in [-0.2, -0.15) is 0 Å². The molecule has 0 aromatic heterocycles. The number of amides is 2. The van der Waals surface area contributed by atoms with Gasteiger partial charge >= 0.3 is 0 Å². The summed E-state index contributed by atoms with van der Waals surface area (Å²) in [5.41, 5.74) is 6.97. The highest BCUT2D eigenvalue weighted by Crippen LogP contribution is 2.30. The standard InChI is InChI=1S/C19H27N3O2S.ClH/c1-13(20)17-5-3-4-10-21(17)19(24)14-11-18(23)22(12-14)15-6-8-16(25-2)9-7-15;/h6-9,13-14,17H,3-5,10-12,20H2,1-2H3;1H. The molecule has 1 aromatic carbocycles. The number of carbonyl (C=O) groups excluding carboxylic acids is 2. The largest absolute Gasteiger partial charge is 0.338 e. The van der Waals surface area contributed by atoms with Crippen molar-refractivity contribution in [1.82, 2.24) is 4.90 Å². The van der Waals surface area contributed by atoms with Gasteiger partial charge in [-0.1, -0.05) is 0 Å². The molecule has 5 nitrogen and oxygen atoms in total. The van der Waals surface area contributed by atoms with Gasteiger partial charge in [0, 0.05) is 42.2 Å². The zero-order chi connectivity index (χ0) is 18.0. The van der Waals surface area contributed by atoms with Crippen LogP contribution >= 0.6 is 24.2 Å². The molecule has 2 N–H and O–H groups in total. The molecule has 7 heteroatoms. The Labute approximate surface area is 166 Å². The van der Waals surface area contributed by atoms with Crippen LogP contribution in [0, 0.1) is 5.92 Å². The molecule has 2 amide bonds. The first-order valence-electron chi connectivity index (χ1n) is 9.01. The predicted molar refractivity (Wildman–Crippen MR) is 109 cm³/mol. The normalized spacial score (nSPS) is 24.3. The van der Waals surface area contributed by atoms with Crippen LogP contribution < -0.4 is 10.6 Å². The number of hydrogen-bond donors (Lipinski definition) is 1. The van der Waals surface area contributed by atoms with Gasteiger partial charge in [0.05, 0.1) is 5.92 Å². The number of likely N-dealkylation sites (tertiary alicyclic amines) is 1. The second-order valence-corrected chi connectivity index (χ2v) is 7.94. The van der Waals surface area contributed by atoms with Crippen molar-refractivity contribution in [3.05, 3.63) is 24.3 Å². The number of thioether (sulfide) groups is 1. The van der Waals surface area contributed by atoms with E-state index in [1.807, 2.05) is 42.3 Å². The Morgan fingerprint density at radius 1 is 1.27 bits per heavy atom. The summed E-state index contributed by atoms with van der Waals surface area (Å²) in [7, 11) is 0. The van der Waals surface area contributed by atoms with Crippen LogP contribution in [0.25, 0.3) is 0 Å². The van der Waals surface area contributed by atoms with Gasteiger partial charge in [-0.15, -0.1) is 24.2 Å². The predicted octanol–water partition coefficient (Wildman–Crippen LogP) is 2.91. The number of rotatable bonds is 4. The summed E-state index contributed by atoms with van der Waals surface area (Å²) in [5, 5.41) is 0. The number of hydrogen-bond acceptors (Lipinski definition) is 4. The van der Waals surface area contributed by atoms with Gasteiger partial charge in [0.2, 0.25) is 11.8 Å². The van der Waals surface area contributed by atoms with E-state index in [0.29, 0.717) is 13.0 Å². The highest BCUT2D eigenvalue weighted by atomic mass is 35.5. The van der Waals surface area contributed by atoms with E-state index in [1.54, 1.807) is 16.7 Å². The lowest BCUT2D eigenvalue weighted by Crippen LogP contribution is -2.53. The quantitative estimate of drug-likeness (QED) is 0.793. The molecule has 144 valence electrons. The molecule has 2 fully saturated rings. The first-order valence-corrected chi connectivity index (χ1v) is 10.2. The Bertz CT molecular complexity index is 638. The second-order valence-electron chi connectivity index (χ2n) is 7.06. The molecule has 2 saturated heterocycles. The molecule has 3 atom stereocenters. The minimum Gasteiger partial charge on any atom is -0.338 e. The average molecular weight is 398 g/mol. The van der Waals surface area contributed by atoms with Crippen LogP contribution in [-0.4, -0.2) is 48.1 Å². The van der Waals surface area contributed by atoms with Crippen LogP contribution in [0.4, 0.5) is 5.69 Å². The number of halogens is 1. The molecular formula is C19H28ClN3O2S. The first kappa shape index (κ1) is 21.1. The molecule has 2 heterocycles. The molecule has 26 heavy (non-hydrogen) atoms. The number of benzene rings is 1. The molecule has 3 rings (SSSR count). The average Bonchev–Trinajstić information content (AvgIpc) is 3.03. The zero-order valence-corrected chi connectivity index (χ0v) is 17.0. The van der Waals surface area contributed by atoms with Gasteiger partial charge in [-0.05, 0) is 56.7 Å². The van der Waals surface area contributed by atoms with Crippen molar-refractivity contribution >= 4 is 41.7 Å². The molecule has 0 bridgehead atoms. The molecule has 0 spiro atoms. The van der Waals surface area contributed by atoms with Crippen molar-refractivity contribution < 1.29 is 9.59 Å². The van der Waals surface area contributed by atoms with Gasteiger partial charge in [-0.3, -0.25) is 9.59 Å². The maximum atomic E-state index is 13.0. The van der Waals surface area contributed by atoms with E-state index < -0.39 is 0 Å². The van der Waals surface area contributed by atoms with Gasteiger partial charge in [-0.25, -0.2) is 0 Å². The smallest absolute Gasteiger partial charge is 0.228 e. The lowest BCUT2D eigenvalue weighted by Gasteiger charge is -2.39. The van der Waals surface area contributed by atoms with Crippen LogP contribution in [0.2, 0.25) is 0 Å². The maximum Gasteiger partial charge on any atom is 0.228 e. The Morgan fingerprint density at radius 2 is 1.96 bits per heavy atom. The summed E-state index contributed by atoms with van der Waals surface area (Å²) in [6.45, 7) is 3.20. The van der Waals surface area contributed by atoms with Crippen molar-refractivity contribution in [2.75, 3.05) is 24.2 Å². The van der Waals surface area contributed by atoms with E-state index >= 15 is 0 Å². The van der Waals surface area contributed by atoms with Crippen molar-refractivity contribution in [3.8, 4) is 0 Å². The van der Waals surface area contributed by atoms with Crippen LogP contribution in [0.15, 0.2) is 29.2 Å². The minimum atomic E-state index is -0.257. The Kier molecular flexibility index (Phi) is 7.38. The Hall–Kier alpha value is -1.24. The summed E-state index contributed by atoms with van der Waals surface area (Å²) in [5.74, 6) is -0.129. The number of carbonyl (C=O) groups is 2. The number of nitrogens with zero attached hydrogens (tertiary/aromatic N) is 2. The summed E-state index contributed by atoms with van der Waals surface area (Å²) in [6.07, 6.45) is 5.43. The van der Waals surface area contributed by atoms with Crippen LogP contribution in [0.5, 0.6) is 0 Å². The maximum absolute atomic E-state index is 13.0. The van der Waals surface area contributed by atoms with Crippen molar-refractivity contribution in [2.24, 2.45) is 11.7 Å². The molecular weight excluding hydrogens is 370 g/mol. The number of nitrogens with two attached hydrogens (primary N) is 1. The third-order valence-corrected chi connectivity index (χ3v) is 6.04. The van der Waals surface area contributed by atoms with Gasteiger partial charge in [0.1, 0.15) is 0 Å². The summed E-state index contributed by atoms with van der Waals surface area (Å²) in [4.78, 5) is 30.3. The second kappa shape index (κ2) is 9.11. The lowest BCUT2D eigenvalue weighted by molar-refractivity contribution is -0.139. The molecule has 2 aliphatic heterocycles. The minimum absolute atomic E-state index is 0. The third-order valence-electron chi connectivity index (χ3n) is 5.30. The van der Waals surface area contributed by atoms with Crippen LogP contribution in [-0.2, 0) is 9.59 Å². The van der Waals surface area contributed by atoms with Crippen molar-refractivity contribution in [3.63, 3.8) is 0 Å².